The van der Waals surface area contributed by atoms with E-state index in [-0.39, 0.29) is 0 Å². The lowest BCUT2D eigenvalue weighted by Gasteiger charge is -2.30. The fourth-order valence-corrected chi connectivity index (χ4v) is 2.75. The lowest BCUT2D eigenvalue weighted by molar-refractivity contribution is 0.0312. The third-order valence-electron chi connectivity index (χ3n) is 4.25. The Hall–Kier alpha value is -0.0800. The minimum atomic E-state index is -0.486. The molecule has 2 unspecified atom stereocenters. The van der Waals surface area contributed by atoms with Crippen molar-refractivity contribution in [1.82, 2.24) is 5.32 Å². The first-order valence-corrected chi connectivity index (χ1v) is 7.02. The van der Waals surface area contributed by atoms with Crippen LogP contribution in [0.15, 0.2) is 0 Å². The number of hydrogen-bond donors (Lipinski definition) is 2. The molecule has 1 aliphatic rings. The molecule has 2 atom stereocenters. The molecule has 2 nitrogen and oxygen atoms in total. The van der Waals surface area contributed by atoms with Gasteiger partial charge in [-0.15, -0.1) is 0 Å². The molecule has 0 radical (unpaired) electrons. The van der Waals surface area contributed by atoms with Crippen LogP contribution < -0.4 is 5.32 Å². The molecular weight excluding hydrogens is 198 g/mol. The van der Waals surface area contributed by atoms with E-state index in [0.717, 1.165) is 37.8 Å². The lowest BCUT2D eigenvalue weighted by Crippen LogP contribution is -2.41. The molecule has 0 aromatic rings. The van der Waals surface area contributed by atoms with Gasteiger partial charge in [-0.2, -0.15) is 0 Å². The van der Waals surface area contributed by atoms with Gasteiger partial charge >= 0.3 is 0 Å². The highest BCUT2D eigenvalue weighted by Crippen LogP contribution is 2.28. The molecule has 0 bridgehead atoms. The van der Waals surface area contributed by atoms with Gasteiger partial charge in [0.15, 0.2) is 0 Å². The van der Waals surface area contributed by atoms with Gasteiger partial charge in [-0.1, -0.05) is 33.6 Å². The molecule has 1 rings (SSSR count). The van der Waals surface area contributed by atoms with Crippen LogP contribution in [0.4, 0.5) is 0 Å². The predicted octanol–water partition coefficient (Wildman–Crippen LogP) is 2.95. The third kappa shape index (κ3) is 4.42. The van der Waals surface area contributed by atoms with Crippen molar-refractivity contribution >= 4 is 0 Å². The van der Waals surface area contributed by atoms with E-state index in [1.807, 2.05) is 0 Å². The fourth-order valence-electron chi connectivity index (χ4n) is 2.75. The Morgan fingerprint density at radius 1 is 1.25 bits per heavy atom. The van der Waals surface area contributed by atoms with Crippen LogP contribution in [0.25, 0.3) is 0 Å². The van der Waals surface area contributed by atoms with E-state index in [0.29, 0.717) is 0 Å². The lowest BCUT2D eigenvalue weighted by atomic mass is 9.82. The summed E-state index contributed by atoms with van der Waals surface area (Å²) < 4.78 is 0. The van der Waals surface area contributed by atoms with Crippen LogP contribution in [0.3, 0.4) is 0 Å². The Morgan fingerprint density at radius 2 is 1.94 bits per heavy atom. The normalized spacial score (nSPS) is 27.0. The first-order chi connectivity index (χ1) is 7.59. The summed E-state index contributed by atoms with van der Waals surface area (Å²) in [5, 5.41) is 13.6. The molecule has 2 N–H and O–H groups in total. The Bertz CT molecular complexity index is 189. The topological polar surface area (TPSA) is 32.3 Å². The van der Waals surface area contributed by atoms with Crippen molar-refractivity contribution in [2.24, 2.45) is 11.8 Å². The number of aliphatic hydroxyl groups is 1. The molecular formula is C14H29NO. The summed E-state index contributed by atoms with van der Waals surface area (Å²) in [6.45, 7) is 8.33. The minimum absolute atomic E-state index is 0.486. The summed E-state index contributed by atoms with van der Waals surface area (Å²) in [6.07, 6.45) is 7.22. The Labute approximate surface area is 101 Å². The van der Waals surface area contributed by atoms with Crippen molar-refractivity contribution in [2.45, 2.75) is 64.9 Å². The summed E-state index contributed by atoms with van der Waals surface area (Å²) in [6, 6.07) is 0. The smallest absolute Gasteiger partial charge is 0.0766 e. The summed E-state index contributed by atoms with van der Waals surface area (Å²) in [5.74, 6) is 1.73. The molecule has 1 aliphatic carbocycles. The number of nitrogens with one attached hydrogen (secondary N) is 1. The van der Waals surface area contributed by atoms with Crippen LogP contribution >= 0.6 is 0 Å². The molecule has 16 heavy (non-hydrogen) atoms. The zero-order valence-corrected chi connectivity index (χ0v) is 11.3. The van der Waals surface area contributed by atoms with E-state index in [1.165, 1.54) is 25.7 Å². The maximum atomic E-state index is 10.1. The number of rotatable bonds is 6. The van der Waals surface area contributed by atoms with Crippen molar-refractivity contribution < 1.29 is 5.11 Å². The molecule has 0 aliphatic heterocycles. The van der Waals surface area contributed by atoms with E-state index in [9.17, 15) is 5.11 Å². The van der Waals surface area contributed by atoms with Gasteiger partial charge in [0.25, 0.3) is 0 Å². The van der Waals surface area contributed by atoms with Crippen LogP contribution in [0.5, 0.6) is 0 Å². The van der Waals surface area contributed by atoms with Gasteiger partial charge in [0.2, 0.25) is 0 Å². The van der Waals surface area contributed by atoms with Gasteiger partial charge in [-0.3, -0.25) is 0 Å². The van der Waals surface area contributed by atoms with E-state index in [4.69, 9.17) is 0 Å². The van der Waals surface area contributed by atoms with Gasteiger partial charge in [0, 0.05) is 6.54 Å². The SMILES string of the molecule is CCC(O)(CC)CNCC1CCCC(C)C1. The number of hydrogen-bond acceptors (Lipinski definition) is 2. The zero-order valence-electron chi connectivity index (χ0n) is 11.3. The van der Waals surface area contributed by atoms with Crippen molar-refractivity contribution in [3.63, 3.8) is 0 Å². The van der Waals surface area contributed by atoms with E-state index >= 15 is 0 Å². The standard InChI is InChI=1S/C14H29NO/c1-4-14(16,5-2)11-15-10-13-8-6-7-12(3)9-13/h12-13,15-16H,4-11H2,1-3H3. The quantitative estimate of drug-likeness (QED) is 0.731. The molecule has 1 fully saturated rings. The van der Waals surface area contributed by atoms with Gasteiger partial charge < -0.3 is 10.4 Å². The maximum absolute atomic E-state index is 10.1. The first-order valence-electron chi connectivity index (χ1n) is 7.02. The molecule has 0 amide bonds. The largest absolute Gasteiger partial charge is 0.389 e. The highest BCUT2D eigenvalue weighted by Gasteiger charge is 2.23. The second-order valence-electron chi connectivity index (χ2n) is 5.70. The molecule has 96 valence electrons. The molecule has 0 aromatic carbocycles. The maximum Gasteiger partial charge on any atom is 0.0766 e. The highest BCUT2D eigenvalue weighted by molar-refractivity contribution is 4.79. The fraction of sp³-hybridized carbons (Fsp3) is 1.00. The molecule has 2 heteroatoms. The average molecular weight is 227 g/mol. The van der Waals surface area contributed by atoms with E-state index < -0.39 is 5.60 Å². The van der Waals surface area contributed by atoms with Crippen LogP contribution in [-0.2, 0) is 0 Å². The Morgan fingerprint density at radius 3 is 2.50 bits per heavy atom. The van der Waals surface area contributed by atoms with Crippen LogP contribution in [0, 0.1) is 11.8 Å². The Balaban J connectivity index is 2.19. The zero-order chi connectivity index (χ0) is 12.0. The van der Waals surface area contributed by atoms with Crippen LogP contribution in [-0.4, -0.2) is 23.8 Å². The van der Waals surface area contributed by atoms with E-state index in [1.54, 1.807) is 0 Å². The second kappa shape index (κ2) is 6.61. The summed E-state index contributed by atoms with van der Waals surface area (Å²) in [5.41, 5.74) is -0.486. The highest BCUT2D eigenvalue weighted by atomic mass is 16.3. The molecule has 1 saturated carbocycles. The monoisotopic (exact) mass is 227 g/mol. The minimum Gasteiger partial charge on any atom is -0.389 e. The van der Waals surface area contributed by atoms with Crippen LogP contribution in [0.1, 0.15) is 59.3 Å². The second-order valence-corrected chi connectivity index (χ2v) is 5.70. The van der Waals surface area contributed by atoms with Gasteiger partial charge in [-0.05, 0) is 44.1 Å². The average Bonchev–Trinajstić information content (AvgIpc) is 2.29. The van der Waals surface area contributed by atoms with E-state index in [2.05, 4.69) is 26.1 Å². The molecule has 0 aromatic heterocycles. The van der Waals surface area contributed by atoms with Crippen molar-refractivity contribution in [1.29, 1.82) is 0 Å². The molecule has 0 spiro atoms. The predicted molar refractivity (Wildman–Crippen MR) is 69.5 cm³/mol. The van der Waals surface area contributed by atoms with Crippen molar-refractivity contribution in [3.8, 4) is 0 Å². The van der Waals surface area contributed by atoms with Crippen molar-refractivity contribution in [3.05, 3.63) is 0 Å². The van der Waals surface area contributed by atoms with Gasteiger partial charge in [0.05, 0.1) is 5.60 Å². The third-order valence-corrected chi connectivity index (χ3v) is 4.25. The van der Waals surface area contributed by atoms with Crippen LogP contribution in [0.2, 0.25) is 0 Å². The van der Waals surface area contributed by atoms with Gasteiger partial charge in [-0.25, -0.2) is 0 Å². The molecule has 0 heterocycles. The summed E-state index contributed by atoms with van der Waals surface area (Å²) >= 11 is 0. The van der Waals surface area contributed by atoms with Gasteiger partial charge in [0.1, 0.15) is 0 Å². The Kier molecular flexibility index (Phi) is 5.77. The molecule has 0 saturated heterocycles. The van der Waals surface area contributed by atoms with Crippen molar-refractivity contribution in [2.75, 3.05) is 13.1 Å². The summed E-state index contributed by atoms with van der Waals surface area (Å²) in [7, 11) is 0. The first kappa shape index (κ1) is 14.0. The summed E-state index contributed by atoms with van der Waals surface area (Å²) in [4.78, 5) is 0.